The van der Waals surface area contributed by atoms with E-state index in [2.05, 4.69) is 28.0 Å². The molecule has 0 aromatic heterocycles. The summed E-state index contributed by atoms with van der Waals surface area (Å²) in [6, 6.07) is 3.94. The van der Waals surface area contributed by atoms with Gasteiger partial charge in [0.25, 0.3) is 0 Å². The molecule has 1 rings (SSSR count). The largest absolute Gasteiger partial charge is 0.740 e. The van der Waals surface area contributed by atoms with Crippen molar-refractivity contribution in [1.29, 1.82) is 0 Å². The van der Waals surface area contributed by atoms with Gasteiger partial charge in [0.1, 0.15) is 17.1 Å². The maximum atomic E-state index is 11.3. The zero-order valence-electron chi connectivity index (χ0n) is 10.3. The predicted molar refractivity (Wildman–Crippen MR) is 73.6 cm³/mol. The molecule has 1 aromatic rings. The summed E-state index contributed by atoms with van der Waals surface area (Å²) in [4.78, 5) is 22.6. The first-order valence-electron chi connectivity index (χ1n) is 5.24. The van der Waals surface area contributed by atoms with Gasteiger partial charge in [-0.1, -0.05) is 13.2 Å². The fourth-order valence-corrected chi connectivity index (χ4v) is 1.49. The molecule has 0 spiro atoms. The summed E-state index contributed by atoms with van der Waals surface area (Å²) in [6.45, 7) is 6.59. The van der Waals surface area contributed by atoms with Gasteiger partial charge in [-0.3, -0.25) is 9.59 Å². The van der Waals surface area contributed by atoms with E-state index in [0.29, 0.717) is 0 Å². The molecule has 2 amide bonds. The van der Waals surface area contributed by atoms with E-state index in [4.69, 9.17) is 0 Å². The number of carbonyl (C=O) groups excluding carboxylic acids is 2. The minimum Gasteiger partial charge on any atom is -0.740 e. The summed E-state index contributed by atoms with van der Waals surface area (Å²) >= 11 is -2.74. The molecule has 2 N–H and O–H groups in total. The van der Waals surface area contributed by atoms with Crippen LogP contribution < -0.4 is 14.8 Å². The van der Waals surface area contributed by atoms with Crippen molar-refractivity contribution in [1.82, 2.24) is 0 Å². The van der Waals surface area contributed by atoms with Crippen LogP contribution in [-0.2, 0) is 21.0 Å². The van der Waals surface area contributed by atoms with Crippen molar-refractivity contribution < 1.29 is 22.5 Å². The van der Waals surface area contributed by atoms with Gasteiger partial charge in [0, 0.05) is 6.07 Å². The molecular formula is C12H11N2O5S-. The van der Waals surface area contributed by atoms with Crippen LogP contribution in [0.25, 0.3) is 0 Å². The fraction of sp³-hybridized carbons (Fsp3) is 0. The van der Waals surface area contributed by atoms with Gasteiger partial charge >= 0.3 is 0 Å². The standard InChI is InChI=1S/C12H12N2O5S/c1-3-11(15)13-9-6-5-8(19-20(17)18)7-10(9)14-12(16)4-2/h3-7H,1-2H2,(H,13,15)(H,14,16)(H,17,18)/p-1. The van der Waals surface area contributed by atoms with Crippen molar-refractivity contribution >= 4 is 34.6 Å². The second kappa shape index (κ2) is 7.22. The molecule has 7 nitrogen and oxygen atoms in total. The van der Waals surface area contributed by atoms with E-state index in [1.807, 2.05) is 0 Å². The van der Waals surface area contributed by atoms with Crippen LogP contribution in [0.5, 0.6) is 5.75 Å². The quantitative estimate of drug-likeness (QED) is 0.603. The number of carbonyl (C=O) groups is 2. The molecule has 0 bridgehead atoms. The lowest BCUT2D eigenvalue weighted by Crippen LogP contribution is -2.13. The van der Waals surface area contributed by atoms with Crippen LogP contribution in [0.1, 0.15) is 0 Å². The topological polar surface area (TPSA) is 108 Å². The van der Waals surface area contributed by atoms with Crippen LogP contribution in [-0.4, -0.2) is 20.6 Å². The first-order chi connectivity index (χ1) is 9.46. The van der Waals surface area contributed by atoms with Gasteiger partial charge in [0.15, 0.2) is 0 Å². The van der Waals surface area contributed by atoms with Crippen LogP contribution in [0.15, 0.2) is 43.5 Å². The molecule has 0 aliphatic carbocycles. The van der Waals surface area contributed by atoms with Crippen molar-refractivity contribution in [3.05, 3.63) is 43.5 Å². The molecule has 0 aliphatic heterocycles. The first kappa shape index (κ1) is 15.6. The maximum Gasteiger partial charge on any atom is 0.247 e. The number of benzene rings is 1. The molecule has 0 aliphatic rings. The molecule has 0 radical (unpaired) electrons. The molecule has 1 atom stereocenters. The highest BCUT2D eigenvalue weighted by Gasteiger charge is 2.09. The van der Waals surface area contributed by atoms with Crippen molar-refractivity contribution in [2.45, 2.75) is 0 Å². The molecule has 0 saturated heterocycles. The van der Waals surface area contributed by atoms with Gasteiger partial charge in [-0.2, -0.15) is 0 Å². The lowest BCUT2D eigenvalue weighted by Gasteiger charge is -2.13. The second-order valence-corrected chi connectivity index (χ2v) is 3.96. The molecule has 20 heavy (non-hydrogen) atoms. The molecule has 0 heterocycles. The average Bonchev–Trinajstić information content (AvgIpc) is 2.40. The highest BCUT2D eigenvalue weighted by atomic mass is 32.2. The minimum absolute atomic E-state index is 0.0192. The number of amides is 2. The Labute approximate surface area is 117 Å². The molecule has 8 heteroatoms. The molecule has 0 saturated carbocycles. The lowest BCUT2D eigenvalue weighted by atomic mass is 10.2. The SMILES string of the molecule is C=CC(=O)Nc1ccc(OS(=O)[O-])cc1NC(=O)C=C. The Morgan fingerprint density at radius 1 is 1.15 bits per heavy atom. The van der Waals surface area contributed by atoms with Gasteiger partial charge in [-0.05, 0) is 24.3 Å². The Morgan fingerprint density at radius 2 is 1.70 bits per heavy atom. The maximum absolute atomic E-state index is 11.3. The number of rotatable bonds is 6. The van der Waals surface area contributed by atoms with Crippen LogP contribution in [0.3, 0.4) is 0 Å². The van der Waals surface area contributed by atoms with E-state index < -0.39 is 23.2 Å². The highest BCUT2D eigenvalue weighted by Crippen LogP contribution is 2.27. The molecule has 106 valence electrons. The lowest BCUT2D eigenvalue weighted by molar-refractivity contribution is -0.112. The Balaban J connectivity index is 3.11. The van der Waals surface area contributed by atoms with Crippen LogP contribution in [0.2, 0.25) is 0 Å². The Kier molecular flexibility index (Phi) is 5.63. The van der Waals surface area contributed by atoms with Gasteiger partial charge in [-0.25, -0.2) is 4.21 Å². The summed E-state index contributed by atoms with van der Waals surface area (Å²) in [5.41, 5.74) is 0.419. The molecule has 1 unspecified atom stereocenters. The number of anilines is 2. The van der Waals surface area contributed by atoms with E-state index in [9.17, 15) is 18.4 Å². The third-order valence-corrected chi connectivity index (χ3v) is 2.37. The van der Waals surface area contributed by atoms with Gasteiger partial charge in [0.05, 0.1) is 11.4 Å². The van der Waals surface area contributed by atoms with E-state index >= 15 is 0 Å². The molecular weight excluding hydrogens is 284 g/mol. The van der Waals surface area contributed by atoms with E-state index in [1.165, 1.54) is 18.2 Å². The Hall–Kier alpha value is -2.45. The van der Waals surface area contributed by atoms with Gasteiger partial charge in [0.2, 0.25) is 11.8 Å². The van der Waals surface area contributed by atoms with Gasteiger partial charge in [-0.15, -0.1) is 0 Å². The van der Waals surface area contributed by atoms with E-state index in [0.717, 1.165) is 12.2 Å². The number of hydrogen-bond donors (Lipinski definition) is 2. The fourth-order valence-electron chi connectivity index (χ4n) is 1.23. The summed E-state index contributed by atoms with van der Waals surface area (Å²) in [7, 11) is 0. The third kappa shape index (κ3) is 4.67. The molecule has 1 aromatic carbocycles. The first-order valence-corrected chi connectivity index (χ1v) is 6.24. The summed E-state index contributed by atoms with van der Waals surface area (Å²) < 4.78 is 25.4. The van der Waals surface area contributed by atoms with Crippen molar-refractivity contribution in [3.63, 3.8) is 0 Å². The highest BCUT2D eigenvalue weighted by molar-refractivity contribution is 7.74. The second-order valence-electron chi connectivity index (χ2n) is 3.38. The Morgan fingerprint density at radius 3 is 2.20 bits per heavy atom. The average molecular weight is 295 g/mol. The zero-order valence-corrected chi connectivity index (χ0v) is 11.1. The minimum atomic E-state index is -2.74. The van der Waals surface area contributed by atoms with E-state index in [-0.39, 0.29) is 17.1 Å². The van der Waals surface area contributed by atoms with Crippen LogP contribution in [0, 0.1) is 0 Å². The Bertz CT molecular complexity index is 585. The number of nitrogens with one attached hydrogen (secondary N) is 2. The van der Waals surface area contributed by atoms with Crippen LogP contribution in [0.4, 0.5) is 11.4 Å². The van der Waals surface area contributed by atoms with Crippen molar-refractivity contribution in [3.8, 4) is 5.75 Å². The summed E-state index contributed by atoms with van der Waals surface area (Å²) in [6.07, 6.45) is 2.08. The normalized spacial score (nSPS) is 11.1. The zero-order chi connectivity index (χ0) is 15.1. The number of hydrogen-bond acceptors (Lipinski definition) is 5. The van der Waals surface area contributed by atoms with Crippen molar-refractivity contribution in [2.24, 2.45) is 0 Å². The van der Waals surface area contributed by atoms with Gasteiger partial charge < -0.3 is 19.4 Å². The van der Waals surface area contributed by atoms with E-state index in [1.54, 1.807) is 0 Å². The van der Waals surface area contributed by atoms with Crippen LogP contribution >= 0.6 is 0 Å². The summed E-state index contributed by atoms with van der Waals surface area (Å²) in [5.74, 6) is -1.03. The third-order valence-electron chi connectivity index (χ3n) is 2.04. The monoisotopic (exact) mass is 295 g/mol. The van der Waals surface area contributed by atoms with Crippen molar-refractivity contribution in [2.75, 3.05) is 10.6 Å². The summed E-state index contributed by atoms with van der Waals surface area (Å²) in [5, 5.41) is 4.87. The predicted octanol–water partition coefficient (Wildman–Crippen LogP) is 1.11. The smallest absolute Gasteiger partial charge is 0.247 e. The molecule has 0 fully saturated rings.